The van der Waals surface area contributed by atoms with E-state index in [2.05, 4.69) is 105 Å². The Morgan fingerprint density at radius 2 is 0.583 bits per heavy atom. The van der Waals surface area contributed by atoms with Crippen molar-refractivity contribution in [1.29, 1.82) is 0 Å². The van der Waals surface area contributed by atoms with Crippen LogP contribution in [0.15, 0.2) is 0 Å². The zero-order valence-corrected chi connectivity index (χ0v) is 52.1. The van der Waals surface area contributed by atoms with Crippen molar-refractivity contribution in [3.63, 3.8) is 0 Å². The van der Waals surface area contributed by atoms with E-state index in [1.165, 1.54) is 4.90 Å². The minimum absolute atomic E-state index is 0.342. The van der Waals surface area contributed by atoms with Crippen molar-refractivity contribution < 1.29 is 60.4 Å². The molecule has 0 rings (SSSR count). The van der Waals surface area contributed by atoms with Crippen LogP contribution in [-0.2, 0) is 51.2 Å². The topological polar surface area (TPSA) is 131 Å². The van der Waals surface area contributed by atoms with Gasteiger partial charge in [0.15, 0.2) is 33.3 Å². The highest BCUT2D eigenvalue weighted by atomic mass is 28.5. The first-order chi connectivity index (χ1) is 27.0. The van der Waals surface area contributed by atoms with Crippen LogP contribution in [0.5, 0.6) is 0 Å². The van der Waals surface area contributed by atoms with Crippen molar-refractivity contribution in [3.05, 3.63) is 0 Å². The molecule has 0 fully saturated rings. The molecule has 0 saturated heterocycles. The first-order valence-electron chi connectivity index (χ1n) is 21.5. The normalized spacial score (nSPS) is 14.6. The number of nitrogens with zero attached hydrogens (tertiary/aromatic N) is 1. The lowest BCUT2D eigenvalue weighted by molar-refractivity contribution is 0.123. The summed E-state index contributed by atoms with van der Waals surface area (Å²) in [6.07, 6.45) is 1.71. The standard InChI is InChI=1S/C35H90FNO13Si10/c1-39-59(40-2,41-3)33-25-31-53(11,12)47-57(19,20)49-55(15,16)45-51(7,8)29-23-27-37(35(36)38)28-24-30-52(9,10)46-56(17,18)50-58(21,22)48-54(13,14)32-26-34-60(42-4,43-5)44-6/h23-34H2,1-22H3. The molecule has 0 bridgehead atoms. The minimum Gasteiger partial charge on any atom is -0.436 e. The highest BCUT2D eigenvalue weighted by Crippen LogP contribution is 2.31. The molecule has 360 valence electrons. The van der Waals surface area contributed by atoms with Gasteiger partial charge in [0.25, 0.3) is 0 Å². The van der Waals surface area contributed by atoms with Gasteiger partial charge in [-0.2, -0.15) is 0 Å². The van der Waals surface area contributed by atoms with Crippen LogP contribution >= 0.6 is 0 Å². The number of halogens is 1. The third kappa shape index (κ3) is 25.1. The Hall–Kier alpha value is 1.09. The second-order valence-electron chi connectivity index (χ2n) is 20.0. The maximum atomic E-state index is 14.3. The number of hydrogen-bond acceptors (Lipinski definition) is 13. The fourth-order valence-electron chi connectivity index (χ4n) is 8.39. The third-order valence-corrected chi connectivity index (χ3v) is 46.6. The van der Waals surface area contributed by atoms with Crippen LogP contribution < -0.4 is 0 Å². The van der Waals surface area contributed by atoms with E-state index in [1.807, 2.05) is 0 Å². The minimum atomic E-state index is -2.63. The van der Waals surface area contributed by atoms with Crippen molar-refractivity contribution in [2.45, 2.75) is 167 Å². The Balaban J connectivity index is 5.14. The van der Waals surface area contributed by atoms with Gasteiger partial charge in [0.2, 0.25) is 0 Å². The average molecular weight is 1030 g/mol. The molecule has 0 heterocycles. The summed E-state index contributed by atoms with van der Waals surface area (Å²) >= 11 is 0. The van der Waals surface area contributed by atoms with Crippen LogP contribution in [-0.4, -0.2) is 152 Å². The second kappa shape index (κ2) is 25.3. The lowest BCUT2D eigenvalue weighted by atomic mass is 10.4. The van der Waals surface area contributed by atoms with E-state index in [0.29, 0.717) is 25.9 Å². The smallest absolute Gasteiger partial charge is 0.436 e. The fraction of sp³-hybridized carbons (Fsp3) is 0.971. The molecule has 60 heavy (non-hydrogen) atoms. The number of carbonyl (C=O) groups is 1. The fourth-order valence-corrected chi connectivity index (χ4v) is 51.2. The maximum Gasteiger partial charge on any atom is 0.500 e. The number of carbonyl (C=O) groups excluding carboxylic acids is 1. The summed E-state index contributed by atoms with van der Waals surface area (Å²) in [4.78, 5) is 13.5. The van der Waals surface area contributed by atoms with Crippen molar-refractivity contribution in [3.8, 4) is 0 Å². The molecule has 25 heteroatoms. The summed E-state index contributed by atoms with van der Waals surface area (Å²) < 4.78 is 88.7. The van der Waals surface area contributed by atoms with E-state index in [9.17, 15) is 9.18 Å². The van der Waals surface area contributed by atoms with Crippen molar-refractivity contribution >= 4 is 91.3 Å². The molecular formula is C35H90FNO13Si10. The van der Waals surface area contributed by atoms with E-state index < -0.39 is 91.3 Å². The highest BCUT2D eigenvalue weighted by Gasteiger charge is 2.46. The van der Waals surface area contributed by atoms with Crippen LogP contribution in [0.1, 0.15) is 25.7 Å². The number of hydrogen-bond donors (Lipinski definition) is 0. The van der Waals surface area contributed by atoms with Gasteiger partial charge >= 0.3 is 58.0 Å². The van der Waals surface area contributed by atoms with Crippen molar-refractivity contribution in [1.82, 2.24) is 4.90 Å². The van der Waals surface area contributed by atoms with Crippen LogP contribution in [0.4, 0.5) is 9.18 Å². The average Bonchev–Trinajstić information content (AvgIpc) is 3.04. The molecule has 0 N–H and O–H groups in total. The first kappa shape index (κ1) is 61.1. The summed E-state index contributed by atoms with van der Waals surface area (Å²) in [6.45, 7) is 35.1. The highest BCUT2D eigenvalue weighted by molar-refractivity contribution is 6.90. The molecule has 0 atom stereocenters. The first-order valence-corrected chi connectivity index (χ1v) is 49.1. The molecule has 0 aromatic rings. The molecule has 0 aliphatic carbocycles. The van der Waals surface area contributed by atoms with E-state index in [4.69, 9.17) is 51.2 Å². The third-order valence-electron chi connectivity index (χ3n) is 10.1. The molecular weight excluding hydrogens is 942 g/mol. The largest absolute Gasteiger partial charge is 0.500 e. The summed E-state index contributed by atoms with van der Waals surface area (Å²) in [6, 6.07) is 4.90. The quantitative estimate of drug-likeness (QED) is 0.0345. The predicted molar refractivity (Wildman–Crippen MR) is 265 cm³/mol. The summed E-state index contributed by atoms with van der Waals surface area (Å²) in [5, 5.41) is 0. The molecule has 0 aromatic heterocycles. The Labute approximate surface area is 377 Å². The zero-order chi connectivity index (χ0) is 47.1. The molecule has 0 saturated carbocycles. The number of rotatable bonds is 34. The molecule has 0 unspecified atom stereocenters. The van der Waals surface area contributed by atoms with Crippen molar-refractivity contribution in [2.75, 3.05) is 55.7 Å². The van der Waals surface area contributed by atoms with Crippen LogP contribution in [0.2, 0.25) is 141 Å². The van der Waals surface area contributed by atoms with Gasteiger partial charge in [-0.15, -0.1) is 4.39 Å². The Morgan fingerprint density at radius 3 is 0.783 bits per heavy atom. The monoisotopic (exact) mass is 1030 g/mol. The predicted octanol–water partition coefficient (Wildman–Crippen LogP) is 10.4. The molecule has 0 aliphatic heterocycles. The molecule has 0 radical (unpaired) electrons. The lowest BCUT2D eigenvalue weighted by Gasteiger charge is -2.41. The SMILES string of the molecule is CO[Si](CCC[Si](C)(C)O[Si](C)(C)O[Si](C)(C)O[Si](C)(C)CCCN(CCC[Si](C)(C)O[Si](C)(C)O[Si](C)(C)O[Si](C)(C)CCC[Si](OC)(OC)OC)C(=O)F)(OC)OC. The van der Waals surface area contributed by atoms with Crippen LogP contribution in [0.25, 0.3) is 0 Å². The van der Waals surface area contributed by atoms with E-state index in [0.717, 1.165) is 49.1 Å². The zero-order valence-electron chi connectivity index (χ0n) is 42.1. The second-order valence-corrected chi connectivity index (χ2v) is 58.4. The summed E-state index contributed by atoms with van der Waals surface area (Å²) in [5.74, 6) is 0. The van der Waals surface area contributed by atoms with E-state index >= 15 is 0 Å². The van der Waals surface area contributed by atoms with Gasteiger partial charge < -0.3 is 56.1 Å². The summed E-state index contributed by atoms with van der Waals surface area (Å²) in [7, 11) is -14.2. The van der Waals surface area contributed by atoms with Crippen LogP contribution in [0.3, 0.4) is 0 Å². The van der Waals surface area contributed by atoms with Gasteiger partial charge in [-0.25, -0.2) is 4.79 Å². The van der Waals surface area contributed by atoms with Gasteiger partial charge in [0.1, 0.15) is 0 Å². The molecule has 0 aliphatic rings. The van der Waals surface area contributed by atoms with Gasteiger partial charge in [-0.05, 0) is 155 Å². The van der Waals surface area contributed by atoms with Gasteiger partial charge in [0.05, 0.1) is 0 Å². The molecule has 0 aromatic carbocycles. The van der Waals surface area contributed by atoms with E-state index in [-0.39, 0.29) is 0 Å². The molecule has 14 nitrogen and oxygen atoms in total. The van der Waals surface area contributed by atoms with Crippen molar-refractivity contribution in [2.24, 2.45) is 0 Å². The Kier molecular flexibility index (Phi) is 25.7. The number of amides is 1. The van der Waals surface area contributed by atoms with Gasteiger partial charge in [0, 0.05) is 67.8 Å². The maximum absolute atomic E-state index is 14.3. The summed E-state index contributed by atoms with van der Waals surface area (Å²) in [5.41, 5.74) is 0. The molecule has 1 amide bonds. The molecule has 0 spiro atoms. The van der Waals surface area contributed by atoms with Crippen LogP contribution in [0, 0.1) is 0 Å². The Morgan fingerprint density at radius 1 is 0.367 bits per heavy atom. The van der Waals surface area contributed by atoms with E-state index in [1.54, 1.807) is 42.7 Å². The lowest BCUT2D eigenvalue weighted by Crippen LogP contribution is -2.56. The van der Waals surface area contributed by atoms with Gasteiger partial charge in [-0.1, -0.05) is 0 Å². The van der Waals surface area contributed by atoms with Gasteiger partial charge in [-0.3, -0.25) is 0 Å². The Bertz CT molecular complexity index is 1160.